The van der Waals surface area contributed by atoms with Crippen LogP contribution in [0.5, 0.6) is 0 Å². The van der Waals surface area contributed by atoms with Crippen molar-refractivity contribution in [2.24, 2.45) is 5.92 Å². The van der Waals surface area contributed by atoms with Crippen LogP contribution in [0.4, 0.5) is 0 Å². The van der Waals surface area contributed by atoms with Crippen LogP contribution in [-0.2, 0) is 4.79 Å². The molecule has 1 atom stereocenters. The predicted molar refractivity (Wildman–Crippen MR) is 70.3 cm³/mol. The molecule has 0 aliphatic carbocycles. The molecule has 0 bridgehead atoms. The Bertz CT molecular complexity index is 519. The van der Waals surface area contributed by atoms with Crippen molar-refractivity contribution in [3.8, 4) is 0 Å². The van der Waals surface area contributed by atoms with Gasteiger partial charge in [0.2, 0.25) is 5.91 Å². The minimum Gasteiger partial charge on any atom is -0.319 e. The number of ketones is 1. The van der Waals surface area contributed by atoms with Crippen molar-refractivity contribution in [2.45, 2.75) is 20.3 Å². The quantitative estimate of drug-likeness (QED) is 0.604. The topological polar surface area (TPSA) is 37.4 Å². The van der Waals surface area contributed by atoms with Crippen LogP contribution in [0.25, 0.3) is 0 Å². The zero-order chi connectivity index (χ0) is 13.3. The van der Waals surface area contributed by atoms with Crippen LogP contribution < -0.4 is 0 Å². The second-order valence-electron chi connectivity index (χ2n) is 4.74. The first-order valence-corrected chi connectivity index (χ1v) is 6.09. The molecule has 0 saturated carbocycles. The smallest absolute Gasteiger partial charge is 0.237 e. The third-order valence-electron chi connectivity index (χ3n) is 3.44. The molecular weight excluding hydrogens is 226 g/mol. The van der Waals surface area contributed by atoms with E-state index in [0.29, 0.717) is 18.5 Å². The summed E-state index contributed by atoms with van der Waals surface area (Å²) >= 11 is 0. The van der Waals surface area contributed by atoms with Crippen LogP contribution in [0.15, 0.2) is 31.0 Å². The number of carbonyl (C=O) groups is 2. The van der Waals surface area contributed by atoms with Crippen LogP contribution in [0.1, 0.15) is 27.9 Å². The van der Waals surface area contributed by atoms with Gasteiger partial charge in [0.15, 0.2) is 5.78 Å². The maximum absolute atomic E-state index is 12.4. The van der Waals surface area contributed by atoms with Crippen LogP contribution in [0.2, 0.25) is 0 Å². The SMILES string of the molecule is C=CN1CCC(C(=O)c2cc(C)ccc2C)C1=O. The van der Waals surface area contributed by atoms with E-state index in [9.17, 15) is 9.59 Å². The van der Waals surface area contributed by atoms with Gasteiger partial charge in [0, 0.05) is 12.1 Å². The molecule has 3 nitrogen and oxygen atoms in total. The van der Waals surface area contributed by atoms with E-state index >= 15 is 0 Å². The molecule has 0 N–H and O–H groups in total. The van der Waals surface area contributed by atoms with Gasteiger partial charge < -0.3 is 4.90 Å². The third kappa shape index (κ3) is 2.08. The van der Waals surface area contributed by atoms with E-state index in [4.69, 9.17) is 0 Å². The fourth-order valence-corrected chi connectivity index (χ4v) is 2.32. The second-order valence-corrected chi connectivity index (χ2v) is 4.74. The Kier molecular flexibility index (Phi) is 3.32. The summed E-state index contributed by atoms with van der Waals surface area (Å²) in [6.45, 7) is 8.02. The summed E-state index contributed by atoms with van der Waals surface area (Å²) in [5.74, 6) is -0.732. The van der Waals surface area contributed by atoms with Gasteiger partial charge in [-0.1, -0.05) is 24.3 Å². The Morgan fingerprint density at radius 3 is 2.78 bits per heavy atom. The largest absolute Gasteiger partial charge is 0.319 e. The van der Waals surface area contributed by atoms with Crippen LogP contribution in [0, 0.1) is 19.8 Å². The molecule has 1 fully saturated rings. The van der Waals surface area contributed by atoms with Crippen molar-refractivity contribution in [3.05, 3.63) is 47.7 Å². The molecule has 94 valence electrons. The molecule has 1 aliphatic rings. The van der Waals surface area contributed by atoms with E-state index in [1.807, 2.05) is 32.0 Å². The summed E-state index contributed by atoms with van der Waals surface area (Å²) in [4.78, 5) is 25.9. The maximum Gasteiger partial charge on any atom is 0.237 e. The highest BCUT2D eigenvalue weighted by Gasteiger charge is 2.36. The normalized spacial score (nSPS) is 19.1. The van der Waals surface area contributed by atoms with Gasteiger partial charge in [-0.2, -0.15) is 0 Å². The van der Waals surface area contributed by atoms with Crippen molar-refractivity contribution >= 4 is 11.7 Å². The van der Waals surface area contributed by atoms with Gasteiger partial charge in [-0.25, -0.2) is 0 Å². The van der Waals surface area contributed by atoms with Crippen LogP contribution >= 0.6 is 0 Å². The number of rotatable bonds is 3. The molecule has 1 heterocycles. The number of hydrogen-bond acceptors (Lipinski definition) is 2. The van der Waals surface area contributed by atoms with Crippen molar-refractivity contribution in [1.29, 1.82) is 0 Å². The molecule has 2 rings (SSSR count). The van der Waals surface area contributed by atoms with Gasteiger partial charge in [0.1, 0.15) is 5.92 Å². The van der Waals surface area contributed by atoms with Crippen molar-refractivity contribution in [1.82, 2.24) is 4.90 Å². The fourth-order valence-electron chi connectivity index (χ4n) is 2.32. The second kappa shape index (κ2) is 4.77. The molecule has 0 radical (unpaired) electrons. The first kappa shape index (κ1) is 12.6. The lowest BCUT2D eigenvalue weighted by Gasteiger charge is -2.12. The summed E-state index contributed by atoms with van der Waals surface area (Å²) in [5.41, 5.74) is 2.63. The van der Waals surface area contributed by atoms with Gasteiger partial charge in [0.25, 0.3) is 0 Å². The lowest BCUT2D eigenvalue weighted by atomic mass is 9.92. The zero-order valence-electron chi connectivity index (χ0n) is 10.8. The van der Waals surface area contributed by atoms with E-state index in [1.165, 1.54) is 11.1 Å². The molecule has 1 saturated heterocycles. The van der Waals surface area contributed by atoms with Gasteiger partial charge in [-0.05, 0) is 38.1 Å². The van der Waals surface area contributed by atoms with E-state index in [-0.39, 0.29) is 11.7 Å². The average Bonchev–Trinajstić information content (AvgIpc) is 2.72. The molecular formula is C15H17NO2. The molecule has 18 heavy (non-hydrogen) atoms. The summed E-state index contributed by atoms with van der Waals surface area (Å²) in [6, 6.07) is 5.76. The molecule has 3 heteroatoms. The fraction of sp³-hybridized carbons (Fsp3) is 0.333. The number of carbonyl (C=O) groups excluding carboxylic acids is 2. The van der Waals surface area contributed by atoms with Crippen molar-refractivity contribution < 1.29 is 9.59 Å². The van der Waals surface area contributed by atoms with Gasteiger partial charge in [0.05, 0.1) is 0 Å². The number of benzene rings is 1. The molecule has 1 aliphatic heterocycles. The number of aryl methyl sites for hydroxylation is 2. The number of hydrogen-bond donors (Lipinski definition) is 0. The van der Waals surface area contributed by atoms with E-state index in [1.54, 1.807) is 0 Å². The Morgan fingerprint density at radius 1 is 1.44 bits per heavy atom. The standard InChI is InChI=1S/C15H17NO2/c1-4-16-8-7-12(15(16)18)14(17)13-9-10(2)5-6-11(13)3/h4-6,9,12H,1,7-8H2,2-3H3. The van der Waals surface area contributed by atoms with E-state index in [2.05, 4.69) is 6.58 Å². The lowest BCUT2D eigenvalue weighted by Crippen LogP contribution is -2.26. The Labute approximate surface area is 107 Å². The summed E-state index contributed by atoms with van der Waals surface area (Å²) in [6.07, 6.45) is 2.08. The number of likely N-dealkylation sites (tertiary alicyclic amines) is 1. The summed E-state index contributed by atoms with van der Waals surface area (Å²) in [7, 11) is 0. The van der Waals surface area contributed by atoms with E-state index < -0.39 is 5.92 Å². The summed E-state index contributed by atoms with van der Waals surface area (Å²) in [5, 5.41) is 0. The molecule has 1 aromatic rings. The third-order valence-corrected chi connectivity index (χ3v) is 3.44. The average molecular weight is 243 g/mol. The molecule has 1 amide bonds. The minimum atomic E-state index is -0.538. The number of amides is 1. The Balaban J connectivity index is 2.30. The molecule has 0 spiro atoms. The first-order valence-electron chi connectivity index (χ1n) is 6.09. The Morgan fingerprint density at radius 2 is 2.17 bits per heavy atom. The first-order chi connectivity index (χ1) is 8.54. The van der Waals surface area contributed by atoms with Crippen LogP contribution in [-0.4, -0.2) is 23.1 Å². The molecule has 0 aromatic heterocycles. The maximum atomic E-state index is 12.4. The van der Waals surface area contributed by atoms with Gasteiger partial charge in [-0.15, -0.1) is 0 Å². The monoisotopic (exact) mass is 243 g/mol. The number of Topliss-reactive ketones (excluding diaryl/α,β-unsaturated/α-hetero) is 1. The van der Waals surface area contributed by atoms with Gasteiger partial charge in [-0.3, -0.25) is 9.59 Å². The van der Waals surface area contributed by atoms with E-state index in [0.717, 1.165) is 11.1 Å². The minimum absolute atomic E-state index is 0.0643. The highest BCUT2D eigenvalue weighted by Crippen LogP contribution is 2.24. The predicted octanol–water partition coefficient (Wildman–Crippen LogP) is 2.48. The van der Waals surface area contributed by atoms with Crippen molar-refractivity contribution in [3.63, 3.8) is 0 Å². The van der Waals surface area contributed by atoms with Crippen LogP contribution in [0.3, 0.4) is 0 Å². The highest BCUT2D eigenvalue weighted by atomic mass is 16.2. The summed E-state index contributed by atoms with van der Waals surface area (Å²) < 4.78 is 0. The Hall–Kier alpha value is -1.90. The molecule has 1 aromatic carbocycles. The number of nitrogens with zero attached hydrogens (tertiary/aromatic N) is 1. The van der Waals surface area contributed by atoms with Crippen molar-refractivity contribution in [2.75, 3.05) is 6.54 Å². The van der Waals surface area contributed by atoms with Gasteiger partial charge >= 0.3 is 0 Å². The zero-order valence-corrected chi connectivity index (χ0v) is 10.8. The lowest BCUT2D eigenvalue weighted by molar-refractivity contribution is -0.127. The highest BCUT2D eigenvalue weighted by molar-refractivity contribution is 6.11. The molecule has 1 unspecified atom stereocenters.